The van der Waals surface area contributed by atoms with E-state index in [1.165, 1.54) is 19.1 Å². The van der Waals surface area contributed by atoms with E-state index in [1.807, 2.05) is 0 Å². The average Bonchev–Trinajstić information content (AvgIpc) is 2.32. The molecule has 0 aliphatic carbocycles. The number of carbonyl (C=O) groups is 1. The number of rotatable bonds is 2. The molecule has 0 saturated heterocycles. The quantitative estimate of drug-likeness (QED) is 0.898. The second-order valence-electron chi connectivity index (χ2n) is 4.64. The van der Waals surface area contributed by atoms with Gasteiger partial charge in [0.1, 0.15) is 5.70 Å². The molecule has 0 amide bonds. The van der Waals surface area contributed by atoms with Crippen molar-refractivity contribution in [2.75, 3.05) is 0 Å². The van der Waals surface area contributed by atoms with Gasteiger partial charge in [0.2, 0.25) is 0 Å². The Morgan fingerprint density at radius 1 is 1.26 bits per heavy atom. The van der Waals surface area contributed by atoms with Crippen LogP contribution in [0.1, 0.15) is 26.3 Å². The summed E-state index contributed by atoms with van der Waals surface area (Å²) in [6.45, 7) is 4.55. The maximum atomic E-state index is 12.5. The lowest BCUT2D eigenvalue weighted by Crippen LogP contribution is -2.41. The third kappa shape index (κ3) is 1.92. The molecule has 0 bridgehead atoms. The number of aliphatic hydroxyl groups excluding tert-OH is 1. The number of Topliss-reactive ketones (excluding diaryl/α,β-unsaturated/α-hetero) is 1. The summed E-state index contributed by atoms with van der Waals surface area (Å²) in [7, 11) is -3.81. The van der Waals surface area contributed by atoms with Gasteiger partial charge in [-0.2, -0.15) is 0 Å². The molecule has 0 atom stereocenters. The van der Waals surface area contributed by atoms with Gasteiger partial charge < -0.3 is 5.11 Å². The molecule has 0 radical (unpaired) electrons. The second-order valence-corrected chi connectivity index (χ2v) is 6.43. The Labute approximate surface area is 112 Å². The molecule has 1 N–H and O–H groups in total. The van der Waals surface area contributed by atoms with Crippen LogP contribution < -0.4 is 0 Å². The fourth-order valence-electron chi connectivity index (χ4n) is 2.20. The zero-order chi connectivity index (χ0) is 14.4. The van der Waals surface area contributed by atoms with E-state index in [0.717, 1.165) is 4.31 Å². The van der Waals surface area contributed by atoms with Crippen molar-refractivity contribution < 1.29 is 18.3 Å². The molecule has 1 aliphatic rings. The van der Waals surface area contributed by atoms with Gasteiger partial charge >= 0.3 is 0 Å². The van der Waals surface area contributed by atoms with Crippen molar-refractivity contribution in [2.45, 2.75) is 31.7 Å². The van der Waals surface area contributed by atoms with Gasteiger partial charge in [-0.1, -0.05) is 12.1 Å². The summed E-state index contributed by atoms with van der Waals surface area (Å²) >= 11 is 0. The number of allylic oxidation sites excluding steroid dienone is 1. The Hall–Kier alpha value is -1.82. The molecule has 0 unspecified atom stereocenters. The summed E-state index contributed by atoms with van der Waals surface area (Å²) < 4.78 is 26.0. The second kappa shape index (κ2) is 4.38. The van der Waals surface area contributed by atoms with E-state index in [0.29, 0.717) is 0 Å². The molecular formula is C13H15NO4S. The molecular weight excluding hydrogens is 266 g/mol. The minimum absolute atomic E-state index is 0.0196. The lowest BCUT2D eigenvalue weighted by Gasteiger charge is -2.33. The highest BCUT2D eigenvalue weighted by Crippen LogP contribution is 2.36. The number of hydrogen-bond acceptors (Lipinski definition) is 4. The van der Waals surface area contributed by atoms with Gasteiger partial charge in [0.05, 0.1) is 4.90 Å². The van der Waals surface area contributed by atoms with Crippen LogP contribution in [0.5, 0.6) is 0 Å². The minimum Gasteiger partial charge on any atom is -0.505 e. The number of hydrogen-bond donors (Lipinski definition) is 1. The van der Waals surface area contributed by atoms with Crippen LogP contribution in [-0.4, -0.2) is 29.7 Å². The summed E-state index contributed by atoms with van der Waals surface area (Å²) in [6, 6.07) is 5.66. The number of aliphatic hydroxyl groups is 1. The number of carbonyl (C=O) groups excluding carboxylic acids is 1. The molecule has 1 aromatic rings. The first-order valence-corrected chi connectivity index (χ1v) is 7.30. The molecule has 6 heteroatoms. The van der Waals surface area contributed by atoms with Gasteiger partial charge in [-0.25, -0.2) is 8.42 Å². The van der Waals surface area contributed by atoms with Gasteiger partial charge in [0.15, 0.2) is 11.5 Å². The molecule has 5 nitrogen and oxygen atoms in total. The fraction of sp³-hybridized carbons (Fsp3) is 0.308. The maximum absolute atomic E-state index is 12.5. The standard InChI is InChI=1S/C13H15NO4S/c1-8(2)14-12(9(3)15)13(16)10-6-4-5-7-11(10)19(14,17)18/h4-8,16H,1-3H3. The van der Waals surface area contributed by atoms with Crippen molar-refractivity contribution >= 4 is 21.6 Å². The summed E-state index contributed by atoms with van der Waals surface area (Å²) in [5, 5.41) is 10.2. The molecule has 1 heterocycles. The van der Waals surface area contributed by atoms with Crippen LogP contribution in [0.4, 0.5) is 0 Å². The molecule has 2 rings (SSSR count). The van der Waals surface area contributed by atoms with Crippen molar-refractivity contribution in [3.63, 3.8) is 0 Å². The molecule has 1 aliphatic heterocycles. The van der Waals surface area contributed by atoms with Crippen LogP contribution in [0.25, 0.3) is 5.76 Å². The van der Waals surface area contributed by atoms with E-state index in [1.54, 1.807) is 26.0 Å². The molecule has 102 valence electrons. The Balaban J connectivity index is 2.88. The van der Waals surface area contributed by atoms with Crippen molar-refractivity contribution in [3.05, 3.63) is 35.5 Å². The minimum atomic E-state index is -3.81. The Bertz CT molecular complexity index is 674. The zero-order valence-corrected chi connectivity index (χ0v) is 11.7. The van der Waals surface area contributed by atoms with Crippen LogP contribution in [0.2, 0.25) is 0 Å². The third-order valence-corrected chi connectivity index (χ3v) is 4.96. The zero-order valence-electron chi connectivity index (χ0n) is 10.9. The predicted octanol–water partition coefficient (Wildman–Crippen LogP) is 1.91. The summed E-state index contributed by atoms with van der Waals surface area (Å²) in [6.07, 6.45) is 0. The van der Waals surface area contributed by atoms with Crippen molar-refractivity contribution in [3.8, 4) is 0 Å². The third-order valence-electron chi connectivity index (χ3n) is 2.93. The highest BCUT2D eigenvalue weighted by Gasteiger charge is 2.39. The molecule has 0 spiro atoms. The van der Waals surface area contributed by atoms with E-state index in [-0.39, 0.29) is 21.9 Å². The Morgan fingerprint density at radius 3 is 2.37 bits per heavy atom. The predicted molar refractivity (Wildman–Crippen MR) is 70.8 cm³/mol. The maximum Gasteiger partial charge on any atom is 0.265 e. The first-order chi connectivity index (χ1) is 8.78. The Kier molecular flexibility index (Phi) is 3.14. The normalized spacial score (nSPS) is 17.6. The van der Waals surface area contributed by atoms with Gasteiger partial charge in [-0.15, -0.1) is 0 Å². The number of sulfonamides is 1. The topological polar surface area (TPSA) is 74.7 Å². The van der Waals surface area contributed by atoms with E-state index >= 15 is 0 Å². The number of ketones is 1. The van der Waals surface area contributed by atoms with Crippen LogP contribution in [0.3, 0.4) is 0 Å². The van der Waals surface area contributed by atoms with Crippen molar-refractivity contribution in [2.24, 2.45) is 0 Å². The number of fused-ring (bicyclic) bond motifs is 1. The van der Waals surface area contributed by atoms with Gasteiger partial charge in [-0.05, 0) is 26.0 Å². The average molecular weight is 281 g/mol. The lowest BCUT2D eigenvalue weighted by molar-refractivity contribution is -0.114. The largest absolute Gasteiger partial charge is 0.505 e. The van der Waals surface area contributed by atoms with Crippen LogP contribution in [-0.2, 0) is 14.8 Å². The monoisotopic (exact) mass is 281 g/mol. The SMILES string of the molecule is CC(=O)C1=C(O)c2ccccc2S(=O)(=O)N1C(C)C. The van der Waals surface area contributed by atoms with Crippen LogP contribution >= 0.6 is 0 Å². The van der Waals surface area contributed by atoms with Crippen LogP contribution in [0.15, 0.2) is 34.9 Å². The van der Waals surface area contributed by atoms with Gasteiger partial charge in [-0.3, -0.25) is 9.10 Å². The summed E-state index contributed by atoms with van der Waals surface area (Å²) in [5.74, 6) is -0.768. The van der Waals surface area contributed by atoms with E-state index < -0.39 is 21.8 Å². The van der Waals surface area contributed by atoms with Gasteiger partial charge in [0, 0.05) is 18.5 Å². The molecule has 0 saturated carbocycles. The van der Waals surface area contributed by atoms with E-state index in [4.69, 9.17) is 0 Å². The van der Waals surface area contributed by atoms with Crippen molar-refractivity contribution in [1.82, 2.24) is 4.31 Å². The van der Waals surface area contributed by atoms with E-state index in [2.05, 4.69) is 0 Å². The highest BCUT2D eigenvalue weighted by atomic mass is 32.2. The first-order valence-electron chi connectivity index (χ1n) is 5.86. The first kappa shape index (κ1) is 13.6. The summed E-state index contributed by atoms with van der Waals surface area (Å²) in [5.41, 5.74) is -0.00157. The smallest absolute Gasteiger partial charge is 0.265 e. The lowest BCUT2D eigenvalue weighted by atomic mass is 10.1. The summed E-state index contributed by atoms with van der Waals surface area (Å²) in [4.78, 5) is 11.7. The van der Waals surface area contributed by atoms with E-state index in [9.17, 15) is 18.3 Å². The van der Waals surface area contributed by atoms with Gasteiger partial charge in [0.25, 0.3) is 10.0 Å². The molecule has 1 aromatic carbocycles. The fourth-order valence-corrected chi connectivity index (χ4v) is 4.12. The molecule has 19 heavy (non-hydrogen) atoms. The Morgan fingerprint density at radius 2 is 1.84 bits per heavy atom. The van der Waals surface area contributed by atoms with Crippen LogP contribution in [0, 0.1) is 0 Å². The number of benzene rings is 1. The number of nitrogens with zero attached hydrogens (tertiary/aromatic N) is 1. The molecule has 0 fully saturated rings. The molecule has 0 aromatic heterocycles. The highest BCUT2D eigenvalue weighted by molar-refractivity contribution is 7.89. The van der Waals surface area contributed by atoms with Crippen molar-refractivity contribution in [1.29, 1.82) is 0 Å².